The molecule has 8 heterocycles. The fourth-order valence-corrected chi connectivity index (χ4v) is 5.87. The fraction of sp³-hybridized carbons (Fsp3) is 0.167. The molecule has 1 atom stereocenters. The molecule has 6 aromatic rings. The van der Waals surface area contributed by atoms with Gasteiger partial charge < -0.3 is 21.4 Å². The van der Waals surface area contributed by atoms with Gasteiger partial charge in [0.25, 0.3) is 29.2 Å². The second-order valence-corrected chi connectivity index (χ2v) is 12.6. The number of benzene rings is 2. The number of imidazole rings is 2. The van der Waals surface area contributed by atoms with Crippen molar-refractivity contribution >= 4 is 81.4 Å². The number of aromatic nitrogens is 8. The van der Waals surface area contributed by atoms with Gasteiger partial charge in [-0.05, 0) is 37.1 Å². The maximum absolute atomic E-state index is 12.2. The van der Waals surface area contributed by atoms with Crippen LogP contribution in [0.15, 0.2) is 72.3 Å². The summed E-state index contributed by atoms with van der Waals surface area (Å²) in [6, 6.07) is 12.3. The van der Waals surface area contributed by atoms with Crippen molar-refractivity contribution in [2.45, 2.75) is 38.1 Å². The summed E-state index contributed by atoms with van der Waals surface area (Å²) in [4.78, 5) is 129. The number of hydrogen-bond acceptors (Lipinski definition) is 16. The molecule has 300 valence electrons. The highest BCUT2D eigenvalue weighted by molar-refractivity contribution is 6.23. The average Bonchev–Trinajstić information content (AvgIpc) is 4.00. The number of imide groups is 4. The van der Waals surface area contributed by atoms with Gasteiger partial charge in [0.2, 0.25) is 29.6 Å². The third-order valence-electron chi connectivity index (χ3n) is 8.64. The van der Waals surface area contributed by atoms with Crippen LogP contribution in [0.2, 0.25) is 0 Å². The predicted octanol–water partition coefficient (Wildman–Crippen LogP) is -0.365. The van der Waals surface area contributed by atoms with E-state index < -0.39 is 23.8 Å². The summed E-state index contributed by atoms with van der Waals surface area (Å²) in [7, 11) is 0. The highest BCUT2D eigenvalue weighted by Crippen LogP contribution is 2.27. The standard InChI is InChI=1S/C13H10N2O4.C8H5NO2.C5H5N5O.C5H5N5.C5H7NO2/c16-10-6-5-9(11(17)14-10)15-12(18)7-3-1-2-4-8(7)13(15)19;10-7-5-3-1-2-4-6(5)8(11)9-7;6-5-9-3-2(4(11)10-5)7-1-8-3;6-4-3-5(9-1-7-3)10-2-8-4;7-4-2-1-3-5(8)6-4/h1-4,9H,5-6H2,(H,14,16,17);1-4H,(H,9,10,11);1H,(H4,6,7,8,9,10,11);1-2H,(H3,6,7,8,9,10);1-3H2,(H,6,7,8). The first-order valence-electron chi connectivity index (χ1n) is 17.5. The van der Waals surface area contributed by atoms with Crippen LogP contribution in [0.25, 0.3) is 22.3 Å². The smallest absolute Gasteiger partial charge is 0.278 e. The maximum atomic E-state index is 12.2. The lowest BCUT2D eigenvalue weighted by molar-refractivity contribution is -0.136. The summed E-state index contributed by atoms with van der Waals surface area (Å²) in [5.74, 6) is -2.29. The van der Waals surface area contributed by atoms with Crippen LogP contribution in [0.5, 0.6) is 0 Å². The van der Waals surface area contributed by atoms with Crippen molar-refractivity contribution in [1.82, 2.24) is 60.7 Å². The Balaban J connectivity index is 0.000000129. The van der Waals surface area contributed by atoms with Crippen LogP contribution in [0.4, 0.5) is 11.8 Å². The summed E-state index contributed by atoms with van der Waals surface area (Å²) in [5, 5.41) is 6.56. The lowest BCUT2D eigenvalue weighted by atomic mass is 10.0. The van der Waals surface area contributed by atoms with Crippen molar-refractivity contribution in [2.75, 3.05) is 11.5 Å². The Kier molecular flexibility index (Phi) is 11.9. The molecule has 2 fully saturated rings. The van der Waals surface area contributed by atoms with Gasteiger partial charge in [0, 0.05) is 19.3 Å². The van der Waals surface area contributed by atoms with E-state index in [2.05, 4.69) is 55.8 Å². The van der Waals surface area contributed by atoms with Crippen LogP contribution >= 0.6 is 0 Å². The largest absolute Gasteiger partial charge is 0.382 e. The van der Waals surface area contributed by atoms with E-state index >= 15 is 0 Å². The summed E-state index contributed by atoms with van der Waals surface area (Å²) in [5.41, 5.74) is 14.0. The first kappa shape index (κ1) is 40.2. The molecule has 2 aromatic carbocycles. The van der Waals surface area contributed by atoms with Gasteiger partial charge >= 0.3 is 0 Å². The van der Waals surface area contributed by atoms with Gasteiger partial charge in [0.15, 0.2) is 22.6 Å². The molecule has 23 nitrogen and oxygen atoms in total. The monoisotopic (exact) mass is 804 g/mol. The SMILES string of the molecule is Nc1nc2nc[nH]c2c(=O)[nH]1.Nc1ncnc2nc[nH]c12.O=C1CCC(N2C(=O)c3ccccc3C2=O)C(=O)N1.O=C1CCCC(=O)N1.O=C1NC(=O)c2ccccc21. The van der Waals surface area contributed by atoms with Crippen LogP contribution < -0.4 is 33.0 Å². The third kappa shape index (κ3) is 9.15. The van der Waals surface area contributed by atoms with E-state index in [1.54, 1.807) is 48.5 Å². The number of hydrogen-bond donors (Lipinski definition) is 8. The lowest BCUT2D eigenvalue weighted by Crippen LogP contribution is -2.54. The Hall–Kier alpha value is -8.50. The molecule has 4 aliphatic heterocycles. The van der Waals surface area contributed by atoms with Crippen molar-refractivity contribution < 1.29 is 38.4 Å². The van der Waals surface area contributed by atoms with E-state index in [1.165, 1.54) is 19.0 Å². The van der Waals surface area contributed by atoms with Gasteiger partial charge in [-0.1, -0.05) is 24.3 Å². The van der Waals surface area contributed by atoms with Gasteiger partial charge in [0.05, 0.1) is 34.9 Å². The first-order valence-corrected chi connectivity index (χ1v) is 17.5. The quantitative estimate of drug-likeness (QED) is 0.0983. The molecule has 0 saturated carbocycles. The van der Waals surface area contributed by atoms with Crippen LogP contribution in [0.3, 0.4) is 0 Å². The van der Waals surface area contributed by atoms with Crippen molar-refractivity contribution in [1.29, 1.82) is 0 Å². The molecule has 23 heteroatoms. The number of rotatable bonds is 1. The number of amides is 8. The zero-order chi connectivity index (χ0) is 42.2. The Morgan fingerprint density at radius 2 is 1.14 bits per heavy atom. The average molecular weight is 805 g/mol. The van der Waals surface area contributed by atoms with Crippen LogP contribution in [0, 0.1) is 0 Å². The molecule has 2 saturated heterocycles. The highest BCUT2D eigenvalue weighted by Gasteiger charge is 2.44. The van der Waals surface area contributed by atoms with Gasteiger partial charge in [-0.2, -0.15) is 4.98 Å². The zero-order valence-electron chi connectivity index (χ0n) is 30.5. The molecular formula is C36H32N14O9. The minimum Gasteiger partial charge on any atom is -0.382 e. The summed E-state index contributed by atoms with van der Waals surface area (Å²) >= 11 is 0. The summed E-state index contributed by atoms with van der Waals surface area (Å²) in [6.07, 6.45) is 6.35. The molecule has 8 amide bonds. The molecular weight excluding hydrogens is 772 g/mol. The van der Waals surface area contributed by atoms with Gasteiger partial charge in [-0.15, -0.1) is 0 Å². The molecule has 10 rings (SSSR count). The lowest BCUT2D eigenvalue weighted by Gasteiger charge is -2.27. The Bertz CT molecular complexity index is 2640. The Morgan fingerprint density at radius 1 is 0.593 bits per heavy atom. The third-order valence-corrected chi connectivity index (χ3v) is 8.64. The number of anilines is 2. The maximum Gasteiger partial charge on any atom is 0.278 e. The molecule has 0 bridgehead atoms. The number of aromatic amines is 3. The molecule has 0 radical (unpaired) electrons. The molecule has 0 aliphatic carbocycles. The number of fused-ring (bicyclic) bond motifs is 4. The zero-order valence-corrected chi connectivity index (χ0v) is 30.5. The number of carbonyl (C=O) groups excluding carboxylic acids is 8. The number of H-pyrrole nitrogens is 3. The van der Waals surface area contributed by atoms with E-state index in [0.29, 0.717) is 69.7 Å². The number of nitrogens with one attached hydrogen (secondary N) is 6. The van der Waals surface area contributed by atoms with Crippen LogP contribution in [-0.4, -0.2) is 98.1 Å². The molecule has 1 unspecified atom stereocenters. The van der Waals surface area contributed by atoms with E-state index in [-0.39, 0.29) is 53.9 Å². The van der Waals surface area contributed by atoms with Crippen molar-refractivity contribution in [3.05, 3.63) is 100 Å². The minimum atomic E-state index is -0.898. The van der Waals surface area contributed by atoms with Crippen molar-refractivity contribution in [2.24, 2.45) is 0 Å². The number of nitrogens with zero attached hydrogens (tertiary/aromatic N) is 6. The second kappa shape index (κ2) is 17.5. The molecule has 10 N–H and O–H groups in total. The number of piperidine rings is 2. The summed E-state index contributed by atoms with van der Waals surface area (Å²) in [6.45, 7) is 0. The van der Waals surface area contributed by atoms with Gasteiger partial charge in [0.1, 0.15) is 17.9 Å². The Labute approximate surface area is 329 Å². The fourth-order valence-electron chi connectivity index (χ4n) is 5.87. The van der Waals surface area contributed by atoms with Crippen LogP contribution in [-0.2, 0) is 19.2 Å². The molecule has 4 aliphatic rings. The van der Waals surface area contributed by atoms with Gasteiger partial charge in [-0.3, -0.25) is 69.0 Å². The second-order valence-electron chi connectivity index (χ2n) is 12.6. The number of nitrogen functional groups attached to an aromatic ring is 2. The first-order chi connectivity index (χ1) is 28.3. The number of nitrogens with two attached hydrogens (primary N) is 2. The molecule has 59 heavy (non-hydrogen) atoms. The minimum absolute atomic E-state index is 0.0783. The summed E-state index contributed by atoms with van der Waals surface area (Å²) < 4.78 is 0. The highest BCUT2D eigenvalue weighted by atomic mass is 16.2. The van der Waals surface area contributed by atoms with E-state index in [1.807, 2.05) is 0 Å². The van der Waals surface area contributed by atoms with E-state index in [9.17, 15) is 43.2 Å². The van der Waals surface area contributed by atoms with E-state index in [4.69, 9.17) is 11.5 Å². The van der Waals surface area contributed by atoms with E-state index in [0.717, 1.165) is 4.90 Å². The topological polar surface area (TPSA) is 357 Å². The molecule has 4 aromatic heterocycles. The number of carbonyl (C=O) groups is 8. The van der Waals surface area contributed by atoms with Crippen molar-refractivity contribution in [3.8, 4) is 0 Å². The predicted molar refractivity (Wildman–Crippen MR) is 203 cm³/mol. The normalized spacial score (nSPS) is 16.5. The Morgan fingerprint density at radius 3 is 1.68 bits per heavy atom. The van der Waals surface area contributed by atoms with Gasteiger partial charge in [-0.25, -0.2) is 19.9 Å². The van der Waals surface area contributed by atoms with Crippen LogP contribution in [0.1, 0.15) is 73.5 Å². The van der Waals surface area contributed by atoms with Crippen molar-refractivity contribution in [3.63, 3.8) is 0 Å². The molecule has 0 spiro atoms.